The molecule has 2 heterocycles. The Labute approximate surface area is 172 Å². The van der Waals surface area contributed by atoms with Gasteiger partial charge in [-0.05, 0) is 32.0 Å². The molecule has 4 rings (SSSR count). The summed E-state index contributed by atoms with van der Waals surface area (Å²) in [4.78, 5) is 16.5. The second kappa shape index (κ2) is 7.45. The Hall–Kier alpha value is -2.57. The number of carbonyl (C=O) groups excluding carboxylic acids is 1. The number of aryl methyl sites for hydroxylation is 1. The van der Waals surface area contributed by atoms with Crippen molar-refractivity contribution in [2.24, 2.45) is 7.05 Å². The fourth-order valence-corrected chi connectivity index (χ4v) is 4.40. The van der Waals surface area contributed by atoms with Crippen LogP contribution in [0, 0.1) is 6.92 Å². The molecule has 0 radical (unpaired) electrons. The summed E-state index contributed by atoms with van der Waals surface area (Å²) in [6.07, 6.45) is 0. The van der Waals surface area contributed by atoms with E-state index in [2.05, 4.69) is 15.2 Å². The van der Waals surface area contributed by atoms with E-state index in [1.54, 1.807) is 0 Å². The Morgan fingerprint density at radius 3 is 2.64 bits per heavy atom. The Kier molecular flexibility index (Phi) is 5.00. The summed E-state index contributed by atoms with van der Waals surface area (Å²) in [5, 5.41) is 10.5. The van der Waals surface area contributed by atoms with Gasteiger partial charge in [0.1, 0.15) is 0 Å². The number of para-hydroxylation sites is 1. The summed E-state index contributed by atoms with van der Waals surface area (Å²) >= 11 is 7.69. The highest BCUT2D eigenvalue weighted by Crippen LogP contribution is 2.32. The molecule has 4 aromatic rings. The van der Waals surface area contributed by atoms with Gasteiger partial charge in [0.25, 0.3) is 0 Å². The second-order valence-corrected chi connectivity index (χ2v) is 8.36. The first kappa shape index (κ1) is 18.8. The van der Waals surface area contributed by atoms with E-state index < -0.39 is 0 Å². The van der Waals surface area contributed by atoms with Crippen LogP contribution in [0.15, 0.2) is 53.7 Å². The number of ketones is 1. The normalized spacial score (nSPS) is 12.4. The number of H-pyrrole nitrogens is 1. The SMILES string of the molecule is Cc1[nH]c2ccccc2c1C(=O)[C@@H](C)Sc1nnc(-c2ccccc2Cl)n1C. The van der Waals surface area contributed by atoms with Gasteiger partial charge < -0.3 is 9.55 Å². The van der Waals surface area contributed by atoms with E-state index in [0.717, 1.165) is 27.7 Å². The van der Waals surface area contributed by atoms with Gasteiger partial charge in [0, 0.05) is 34.8 Å². The third-order valence-electron chi connectivity index (χ3n) is 4.74. The maximum atomic E-state index is 13.2. The van der Waals surface area contributed by atoms with Gasteiger partial charge in [-0.3, -0.25) is 4.79 Å². The third kappa shape index (κ3) is 3.23. The largest absolute Gasteiger partial charge is 0.358 e. The summed E-state index contributed by atoms with van der Waals surface area (Å²) < 4.78 is 1.87. The molecule has 2 aromatic heterocycles. The van der Waals surface area contributed by atoms with E-state index in [4.69, 9.17) is 11.6 Å². The maximum Gasteiger partial charge on any atom is 0.191 e. The van der Waals surface area contributed by atoms with E-state index in [1.165, 1.54) is 11.8 Å². The second-order valence-electron chi connectivity index (χ2n) is 6.64. The van der Waals surface area contributed by atoms with E-state index in [0.29, 0.717) is 16.0 Å². The van der Waals surface area contributed by atoms with Gasteiger partial charge in [-0.1, -0.05) is 53.7 Å². The maximum absolute atomic E-state index is 13.2. The molecule has 0 aliphatic carbocycles. The van der Waals surface area contributed by atoms with Crippen molar-refractivity contribution in [3.63, 3.8) is 0 Å². The van der Waals surface area contributed by atoms with Gasteiger partial charge >= 0.3 is 0 Å². The monoisotopic (exact) mass is 410 g/mol. The van der Waals surface area contributed by atoms with Crippen molar-refractivity contribution < 1.29 is 4.79 Å². The van der Waals surface area contributed by atoms with Gasteiger partial charge in [-0.15, -0.1) is 10.2 Å². The minimum absolute atomic E-state index is 0.0715. The topological polar surface area (TPSA) is 63.6 Å². The average molecular weight is 411 g/mol. The summed E-state index contributed by atoms with van der Waals surface area (Å²) in [6, 6.07) is 15.4. The molecular weight excluding hydrogens is 392 g/mol. The first-order chi connectivity index (χ1) is 13.5. The number of halogens is 1. The molecule has 28 heavy (non-hydrogen) atoms. The number of nitrogens with one attached hydrogen (secondary N) is 1. The molecule has 0 spiro atoms. The molecule has 0 bridgehead atoms. The lowest BCUT2D eigenvalue weighted by molar-refractivity contribution is 0.0995. The van der Waals surface area contributed by atoms with Gasteiger partial charge in [-0.2, -0.15) is 0 Å². The smallest absolute Gasteiger partial charge is 0.191 e. The van der Waals surface area contributed by atoms with Crippen LogP contribution in [0.4, 0.5) is 0 Å². The predicted molar refractivity (Wildman–Crippen MR) is 114 cm³/mol. The molecule has 0 saturated heterocycles. The number of fused-ring (bicyclic) bond motifs is 1. The minimum Gasteiger partial charge on any atom is -0.358 e. The van der Waals surface area contributed by atoms with Gasteiger partial charge in [0.15, 0.2) is 16.8 Å². The fraction of sp³-hybridized carbons (Fsp3) is 0.190. The molecule has 0 unspecified atom stereocenters. The standard InChI is InChI=1S/C21H19ClN4OS/c1-12-18(15-9-5-7-11-17(15)23-12)19(27)13(2)28-21-25-24-20(26(21)3)14-8-4-6-10-16(14)22/h4-11,13,23H,1-3H3/t13-/m1/s1. The van der Waals surface area contributed by atoms with E-state index in [-0.39, 0.29) is 11.0 Å². The number of hydrogen-bond acceptors (Lipinski definition) is 4. The Morgan fingerprint density at radius 2 is 1.86 bits per heavy atom. The van der Waals surface area contributed by atoms with Crippen molar-refractivity contribution >= 4 is 40.0 Å². The zero-order valence-corrected chi connectivity index (χ0v) is 17.3. The number of benzene rings is 2. The van der Waals surface area contributed by atoms with Crippen molar-refractivity contribution in [2.45, 2.75) is 24.3 Å². The quantitative estimate of drug-likeness (QED) is 0.358. The number of carbonyl (C=O) groups is 1. The summed E-state index contributed by atoms with van der Waals surface area (Å²) in [5.74, 6) is 0.748. The highest BCUT2D eigenvalue weighted by atomic mass is 35.5. The first-order valence-corrected chi connectivity index (χ1v) is 10.2. The van der Waals surface area contributed by atoms with Gasteiger partial charge in [-0.25, -0.2) is 0 Å². The van der Waals surface area contributed by atoms with Crippen LogP contribution in [-0.2, 0) is 7.05 Å². The van der Waals surface area contributed by atoms with Crippen molar-refractivity contribution in [1.82, 2.24) is 19.7 Å². The molecular formula is C21H19ClN4OS. The van der Waals surface area contributed by atoms with E-state index in [1.807, 2.05) is 74.0 Å². The third-order valence-corrected chi connectivity index (χ3v) is 6.20. The van der Waals surface area contributed by atoms with Crippen LogP contribution in [-0.4, -0.2) is 30.8 Å². The summed E-state index contributed by atoms with van der Waals surface area (Å²) in [6.45, 7) is 3.83. The van der Waals surface area contributed by atoms with Crippen LogP contribution < -0.4 is 0 Å². The highest BCUT2D eigenvalue weighted by molar-refractivity contribution is 8.00. The van der Waals surface area contributed by atoms with Crippen LogP contribution in [0.5, 0.6) is 0 Å². The summed E-state index contributed by atoms with van der Waals surface area (Å²) in [7, 11) is 1.88. The molecule has 142 valence electrons. The van der Waals surface area contributed by atoms with Crippen molar-refractivity contribution in [2.75, 3.05) is 0 Å². The zero-order chi connectivity index (χ0) is 19.8. The van der Waals surface area contributed by atoms with Crippen molar-refractivity contribution in [3.05, 3.63) is 64.8 Å². The first-order valence-electron chi connectivity index (χ1n) is 8.90. The Bertz CT molecular complexity index is 1180. The highest BCUT2D eigenvalue weighted by Gasteiger charge is 2.24. The van der Waals surface area contributed by atoms with Crippen molar-refractivity contribution in [3.8, 4) is 11.4 Å². The number of Topliss-reactive ketones (excluding diaryl/α,β-unsaturated/α-hetero) is 1. The zero-order valence-electron chi connectivity index (χ0n) is 15.7. The lowest BCUT2D eigenvalue weighted by Gasteiger charge is -2.11. The molecule has 0 amide bonds. The van der Waals surface area contributed by atoms with Crippen LogP contribution >= 0.6 is 23.4 Å². The van der Waals surface area contributed by atoms with E-state index >= 15 is 0 Å². The lowest BCUT2D eigenvalue weighted by atomic mass is 10.1. The molecule has 1 N–H and O–H groups in total. The molecule has 0 fully saturated rings. The van der Waals surface area contributed by atoms with Gasteiger partial charge in [0.05, 0.1) is 10.3 Å². The number of thioether (sulfide) groups is 1. The molecule has 0 aliphatic heterocycles. The molecule has 5 nitrogen and oxygen atoms in total. The van der Waals surface area contributed by atoms with Crippen LogP contribution in [0.25, 0.3) is 22.3 Å². The Balaban J connectivity index is 1.62. The predicted octanol–water partition coefficient (Wildman–Crippen LogP) is 5.29. The number of hydrogen-bond donors (Lipinski definition) is 1. The molecule has 7 heteroatoms. The molecule has 2 aromatic carbocycles. The van der Waals surface area contributed by atoms with Crippen LogP contribution in [0.3, 0.4) is 0 Å². The number of rotatable bonds is 5. The number of nitrogens with zero attached hydrogens (tertiary/aromatic N) is 3. The summed E-state index contributed by atoms with van der Waals surface area (Å²) in [5.41, 5.74) is 3.41. The number of aromatic nitrogens is 4. The number of aromatic amines is 1. The Morgan fingerprint density at radius 1 is 1.14 bits per heavy atom. The molecule has 0 aliphatic rings. The minimum atomic E-state index is -0.306. The molecule has 1 atom stereocenters. The van der Waals surface area contributed by atoms with Crippen molar-refractivity contribution in [1.29, 1.82) is 0 Å². The van der Waals surface area contributed by atoms with E-state index in [9.17, 15) is 4.79 Å². The lowest BCUT2D eigenvalue weighted by Crippen LogP contribution is -2.15. The van der Waals surface area contributed by atoms with Crippen LogP contribution in [0.2, 0.25) is 5.02 Å². The average Bonchev–Trinajstić information content (AvgIpc) is 3.21. The van der Waals surface area contributed by atoms with Crippen LogP contribution in [0.1, 0.15) is 23.0 Å². The fourth-order valence-electron chi connectivity index (χ4n) is 3.30. The van der Waals surface area contributed by atoms with Gasteiger partial charge in [0.2, 0.25) is 0 Å². The molecule has 0 saturated carbocycles.